The fourth-order valence-corrected chi connectivity index (χ4v) is 1.90. The lowest BCUT2D eigenvalue weighted by Crippen LogP contribution is -1.96. The van der Waals surface area contributed by atoms with Gasteiger partial charge >= 0.3 is 0 Å². The number of imidazole rings is 1. The number of aryl methyl sites for hydroxylation is 1. The van der Waals surface area contributed by atoms with Crippen LogP contribution < -0.4 is 0 Å². The van der Waals surface area contributed by atoms with E-state index in [2.05, 4.69) is 19.9 Å². The molecule has 0 amide bonds. The highest BCUT2D eigenvalue weighted by Crippen LogP contribution is 2.19. The Balaban J connectivity index is 2.32. The first kappa shape index (κ1) is 10.2. The van der Waals surface area contributed by atoms with Crippen LogP contribution in [0.25, 0.3) is 16.9 Å². The Morgan fingerprint density at radius 2 is 2.18 bits per heavy atom. The molecule has 0 atom stereocenters. The van der Waals surface area contributed by atoms with Crippen molar-refractivity contribution in [1.82, 2.24) is 24.5 Å². The first-order valence-corrected chi connectivity index (χ1v) is 5.41. The third-order valence-electron chi connectivity index (χ3n) is 2.47. The molecule has 0 saturated heterocycles. The summed E-state index contributed by atoms with van der Waals surface area (Å²) in [6, 6.07) is 3.79. The molecule has 0 aliphatic rings. The van der Waals surface area contributed by atoms with Gasteiger partial charge in [0, 0.05) is 6.20 Å². The molecule has 0 radical (unpaired) electrons. The molecule has 3 heterocycles. The van der Waals surface area contributed by atoms with Gasteiger partial charge in [0.2, 0.25) is 5.28 Å². The molecular weight excluding hydrogens is 238 g/mol. The second-order valence-corrected chi connectivity index (χ2v) is 3.91. The third-order valence-corrected chi connectivity index (χ3v) is 2.64. The Kier molecular flexibility index (Phi) is 2.26. The molecule has 3 rings (SSSR count). The van der Waals surface area contributed by atoms with Gasteiger partial charge in [-0.25, -0.2) is 9.97 Å². The van der Waals surface area contributed by atoms with E-state index in [0.717, 1.165) is 16.9 Å². The molecule has 0 N–H and O–H groups in total. The molecule has 84 valence electrons. The van der Waals surface area contributed by atoms with Crippen molar-refractivity contribution in [3.8, 4) is 5.69 Å². The van der Waals surface area contributed by atoms with E-state index in [9.17, 15) is 0 Å². The van der Waals surface area contributed by atoms with Crippen LogP contribution in [0.5, 0.6) is 0 Å². The highest BCUT2D eigenvalue weighted by atomic mass is 35.5. The summed E-state index contributed by atoms with van der Waals surface area (Å²) in [5.41, 5.74) is 3.10. The van der Waals surface area contributed by atoms with Gasteiger partial charge < -0.3 is 0 Å². The predicted molar refractivity (Wildman–Crippen MR) is 64.2 cm³/mol. The van der Waals surface area contributed by atoms with E-state index in [1.807, 2.05) is 23.6 Å². The van der Waals surface area contributed by atoms with Crippen LogP contribution in [0.15, 0.2) is 30.9 Å². The lowest BCUT2D eigenvalue weighted by Gasteiger charge is -2.02. The Bertz CT molecular complexity index is 677. The highest BCUT2D eigenvalue weighted by Gasteiger charge is 2.10. The highest BCUT2D eigenvalue weighted by molar-refractivity contribution is 6.28. The normalized spacial score (nSPS) is 10.9. The monoisotopic (exact) mass is 245 g/mol. The van der Waals surface area contributed by atoms with Gasteiger partial charge in [-0.3, -0.25) is 9.55 Å². The van der Waals surface area contributed by atoms with Crippen LogP contribution in [0, 0.1) is 6.92 Å². The zero-order valence-electron chi connectivity index (χ0n) is 9.00. The molecule has 17 heavy (non-hydrogen) atoms. The lowest BCUT2D eigenvalue weighted by atomic mass is 10.4. The van der Waals surface area contributed by atoms with E-state index in [1.165, 1.54) is 0 Å². The molecule has 0 fully saturated rings. The molecular formula is C11H8ClN5. The average molecular weight is 246 g/mol. The van der Waals surface area contributed by atoms with E-state index in [-0.39, 0.29) is 5.28 Å². The van der Waals surface area contributed by atoms with Crippen molar-refractivity contribution in [3.05, 3.63) is 41.8 Å². The van der Waals surface area contributed by atoms with Gasteiger partial charge in [-0.2, -0.15) is 4.98 Å². The second-order valence-electron chi connectivity index (χ2n) is 3.58. The smallest absolute Gasteiger partial charge is 0.224 e. The van der Waals surface area contributed by atoms with Crippen LogP contribution in [0.2, 0.25) is 5.28 Å². The van der Waals surface area contributed by atoms with Gasteiger partial charge in [0.05, 0.1) is 17.6 Å². The number of nitrogens with zero attached hydrogens (tertiary/aromatic N) is 5. The van der Waals surface area contributed by atoms with E-state index < -0.39 is 0 Å². The fourth-order valence-electron chi connectivity index (χ4n) is 1.69. The molecule has 0 aromatic carbocycles. The summed E-state index contributed by atoms with van der Waals surface area (Å²) in [5.74, 6) is 0. The van der Waals surface area contributed by atoms with Gasteiger partial charge in [-0.05, 0) is 30.7 Å². The average Bonchev–Trinajstić information content (AvgIpc) is 2.74. The Labute approximate surface area is 102 Å². The zero-order chi connectivity index (χ0) is 11.8. The number of rotatable bonds is 1. The van der Waals surface area contributed by atoms with E-state index in [0.29, 0.717) is 5.65 Å². The molecule has 3 aromatic heterocycles. The fraction of sp³-hybridized carbons (Fsp3) is 0.0909. The largest absolute Gasteiger partial charge is 0.282 e. The standard InChI is InChI=1S/C11H8ClN5/c1-7-9-10(16-11(12)15-7)17(6-14-9)8-3-2-4-13-5-8/h2-6H,1H3. The quantitative estimate of drug-likeness (QED) is 0.617. The van der Waals surface area contributed by atoms with Gasteiger partial charge in [-0.15, -0.1) is 0 Å². The number of aromatic nitrogens is 5. The first-order chi connectivity index (χ1) is 8.25. The third kappa shape index (κ3) is 1.64. The van der Waals surface area contributed by atoms with E-state index in [1.54, 1.807) is 18.7 Å². The SMILES string of the molecule is Cc1nc(Cl)nc2c1ncn2-c1cccnc1. The van der Waals surface area contributed by atoms with Crippen molar-refractivity contribution >= 4 is 22.8 Å². The van der Waals surface area contributed by atoms with Crippen LogP contribution in [0.4, 0.5) is 0 Å². The van der Waals surface area contributed by atoms with E-state index in [4.69, 9.17) is 11.6 Å². The maximum atomic E-state index is 5.86. The lowest BCUT2D eigenvalue weighted by molar-refractivity contribution is 1.04. The molecule has 3 aromatic rings. The number of hydrogen-bond donors (Lipinski definition) is 0. The van der Waals surface area contributed by atoms with Gasteiger partial charge in [0.25, 0.3) is 0 Å². The number of fused-ring (bicyclic) bond motifs is 1. The Morgan fingerprint density at radius 1 is 1.29 bits per heavy atom. The summed E-state index contributed by atoms with van der Waals surface area (Å²) in [7, 11) is 0. The van der Waals surface area contributed by atoms with Crippen LogP contribution in [0.3, 0.4) is 0 Å². The van der Waals surface area contributed by atoms with E-state index >= 15 is 0 Å². The van der Waals surface area contributed by atoms with Crippen molar-refractivity contribution in [3.63, 3.8) is 0 Å². The zero-order valence-corrected chi connectivity index (χ0v) is 9.76. The minimum atomic E-state index is 0.223. The topological polar surface area (TPSA) is 56.5 Å². The minimum Gasteiger partial charge on any atom is -0.282 e. The van der Waals surface area contributed by atoms with Crippen molar-refractivity contribution in [2.75, 3.05) is 0 Å². The molecule has 0 aliphatic heterocycles. The van der Waals surface area contributed by atoms with Gasteiger partial charge in [0.15, 0.2) is 5.65 Å². The van der Waals surface area contributed by atoms with Crippen molar-refractivity contribution in [2.45, 2.75) is 6.92 Å². The summed E-state index contributed by atoms with van der Waals surface area (Å²) in [5, 5.41) is 0.223. The number of halogens is 1. The molecule has 6 heteroatoms. The van der Waals surface area contributed by atoms with Gasteiger partial charge in [0.1, 0.15) is 11.8 Å². The van der Waals surface area contributed by atoms with Crippen LogP contribution in [-0.4, -0.2) is 24.5 Å². The van der Waals surface area contributed by atoms with Crippen LogP contribution in [-0.2, 0) is 0 Å². The summed E-state index contributed by atoms with van der Waals surface area (Å²) in [6.45, 7) is 1.86. The molecule has 0 spiro atoms. The maximum Gasteiger partial charge on any atom is 0.224 e. The molecule has 0 unspecified atom stereocenters. The van der Waals surface area contributed by atoms with Crippen LogP contribution >= 0.6 is 11.6 Å². The summed E-state index contributed by atoms with van der Waals surface area (Å²) >= 11 is 5.86. The first-order valence-electron chi connectivity index (χ1n) is 5.03. The van der Waals surface area contributed by atoms with Crippen molar-refractivity contribution in [1.29, 1.82) is 0 Å². The molecule has 0 saturated carbocycles. The number of hydrogen-bond acceptors (Lipinski definition) is 4. The molecule has 0 bridgehead atoms. The van der Waals surface area contributed by atoms with Crippen molar-refractivity contribution in [2.24, 2.45) is 0 Å². The van der Waals surface area contributed by atoms with Gasteiger partial charge in [-0.1, -0.05) is 0 Å². The molecule has 5 nitrogen and oxygen atoms in total. The Morgan fingerprint density at radius 3 is 2.94 bits per heavy atom. The summed E-state index contributed by atoms with van der Waals surface area (Å²) in [6.07, 6.45) is 5.15. The minimum absolute atomic E-state index is 0.223. The maximum absolute atomic E-state index is 5.86. The summed E-state index contributed by atoms with van der Waals surface area (Å²) < 4.78 is 1.84. The second kappa shape index (κ2) is 3.78. The summed E-state index contributed by atoms with van der Waals surface area (Å²) in [4.78, 5) is 16.6. The molecule has 0 aliphatic carbocycles. The Hall–Kier alpha value is -2.01. The van der Waals surface area contributed by atoms with Crippen molar-refractivity contribution < 1.29 is 0 Å². The predicted octanol–water partition coefficient (Wildman–Crippen LogP) is 2.17. The van der Waals surface area contributed by atoms with Crippen LogP contribution in [0.1, 0.15) is 5.69 Å². The number of pyridine rings is 1.